The van der Waals surface area contributed by atoms with Crippen molar-refractivity contribution in [1.82, 2.24) is 10.2 Å². The number of amides is 1. The Hall–Kier alpha value is -2.20. The highest BCUT2D eigenvalue weighted by molar-refractivity contribution is 5.77. The quantitative estimate of drug-likeness (QED) is 0.885. The van der Waals surface area contributed by atoms with Crippen molar-refractivity contribution in [2.45, 2.75) is 13.1 Å². The summed E-state index contributed by atoms with van der Waals surface area (Å²) in [6, 6.07) is 16.1. The number of likely N-dealkylation sites (N-methyl/N-ethyl adjacent to an activating group) is 1. The number of nitrogens with one attached hydrogen (secondary N) is 1. The number of nitrogens with zero attached hydrogens (tertiary/aromatic N) is 1. The lowest BCUT2D eigenvalue weighted by Crippen LogP contribution is -2.34. The van der Waals surface area contributed by atoms with E-state index < -0.39 is 0 Å². The fourth-order valence-corrected chi connectivity index (χ4v) is 2.00. The van der Waals surface area contributed by atoms with Crippen LogP contribution in [0.25, 0.3) is 0 Å². The molecular formula is C17H19FN2O. The van der Waals surface area contributed by atoms with Crippen LogP contribution in [0.2, 0.25) is 0 Å². The molecule has 0 fully saturated rings. The molecule has 0 aromatic heterocycles. The first-order chi connectivity index (χ1) is 10.1. The maximum atomic E-state index is 12.8. The first-order valence-electron chi connectivity index (χ1n) is 6.88. The van der Waals surface area contributed by atoms with Crippen LogP contribution in [0, 0.1) is 5.82 Å². The van der Waals surface area contributed by atoms with Crippen LogP contribution >= 0.6 is 0 Å². The van der Waals surface area contributed by atoms with Crippen LogP contribution < -0.4 is 5.32 Å². The lowest BCUT2D eigenvalue weighted by atomic mass is 10.2. The van der Waals surface area contributed by atoms with Crippen molar-refractivity contribution in [1.29, 1.82) is 0 Å². The Kier molecular flexibility index (Phi) is 5.46. The van der Waals surface area contributed by atoms with E-state index in [4.69, 9.17) is 0 Å². The zero-order valence-corrected chi connectivity index (χ0v) is 12.1. The Labute approximate surface area is 124 Å². The van der Waals surface area contributed by atoms with Crippen LogP contribution in [0.15, 0.2) is 54.6 Å². The van der Waals surface area contributed by atoms with Crippen LogP contribution in [-0.4, -0.2) is 24.4 Å². The molecule has 21 heavy (non-hydrogen) atoms. The zero-order chi connectivity index (χ0) is 15.1. The predicted molar refractivity (Wildman–Crippen MR) is 81.0 cm³/mol. The minimum Gasteiger partial charge on any atom is -0.340 e. The van der Waals surface area contributed by atoms with Gasteiger partial charge < -0.3 is 10.2 Å². The molecule has 0 aliphatic carbocycles. The van der Waals surface area contributed by atoms with E-state index >= 15 is 0 Å². The molecule has 0 saturated carbocycles. The molecule has 2 aromatic carbocycles. The molecule has 0 saturated heterocycles. The van der Waals surface area contributed by atoms with Crippen molar-refractivity contribution < 1.29 is 9.18 Å². The van der Waals surface area contributed by atoms with E-state index in [-0.39, 0.29) is 18.3 Å². The van der Waals surface area contributed by atoms with E-state index in [1.165, 1.54) is 12.1 Å². The van der Waals surface area contributed by atoms with Gasteiger partial charge in [-0.25, -0.2) is 4.39 Å². The molecule has 0 radical (unpaired) electrons. The monoisotopic (exact) mass is 286 g/mol. The molecule has 0 aliphatic rings. The van der Waals surface area contributed by atoms with E-state index in [9.17, 15) is 9.18 Å². The van der Waals surface area contributed by atoms with E-state index in [0.29, 0.717) is 13.1 Å². The van der Waals surface area contributed by atoms with Gasteiger partial charge in [0.1, 0.15) is 5.82 Å². The van der Waals surface area contributed by atoms with Crippen molar-refractivity contribution in [3.63, 3.8) is 0 Å². The molecule has 4 heteroatoms. The average molecular weight is 286 g/mol. The van der Waals surface area contributed by atoms with Gasteiger partial charge in [0.15, 0.2) is 0 Å². The summed E-state index contributed by atoms with van der Waals surface area (Å²) in [5, 5.41) is 3.07. The van der Waals surface area contributed by atoms with E-state index in [2.05, 4.69) is 5.32 Å². The van der Waals surface area contributed by atoms with Gasteiger partial charge in [0, 0.05) is 20.1 Å². The largest absolute Gasteiger partial charge is 0.340 e. The molecule has 1 amide bonds. The van der Waals surface area contributed by atoms with Gasteiger partial charge in [-0.15, -0.1) is 0 Å². The lowest BCUT2D eigenvalue weighted by Gasteiger charge is -2.17. The topological polar surface area (TPSA) is 32.3 Å². The zero-order valence-electron chi connectivity index (χ0n) is 12.1. The maximum absolute atomic E-state index is 12.8. The van der Waals surface area contributed by atoms with Crippen molar-refractivity contribution in [3.8, 4) is 0 Å². The average Bonchev–Trinajstić information content (AvgIpc) is 2.50. The van der Waals surface area contributed by atoms with Gasteiger partial charge >= 0.3 is 0 Å². The minimum absolute atomic E-state index is 0.0287. The highest BCUT2D eigenvalue weighted by Gasteiger charge is 2.08. The summed E-state index contributed by atoms with van der Waals surface area (Å²) in [4.78, 5) is 13.7. The molecule has 110 valence electrons. The van der Waals surface area contributed by atoms with Crippen LogP contribution in [0.4, 0.5) is 4.39 Å². The highest BCUT2D eigenvalue weighted by atomic mass is 19.1. The highest BCUT2D eigenvalue weighted by Crippen LogP contribution is 2.03. The second kappa shape index (κ2) is 7.55. The Morgan fingerprint density at radius 1 is 1.05 bits per heavy atom. The molecular weight excluding hydrogens is 267 g/mol. The SMILES string of the molecule is CN(Cc1ccccc1)C(=O)CNCc1ccc(F)cc1. The van der Waals surface area contributed by atoms with Gasteiger partial charge in [-0.2, -0.15) is 0 Å². The maximum Gasteiger partial charge on any atom is 0.236 e. The number of halogens is 1. The molecule has 0 aliphatic heterocycles. The summed E-state index contributed by atoms with van der Waals surface area (Å²) in [5.41, 5.74) is 2.06. The summed E-state index contributed by atoms with van der Waals surface area (Å²) in [7, 11) is 1.79. The van der Waals surface area contributed by atoms with Crippen LogP contribution in [0.3, 0.4) is 0 Å². The van der Waals surface area contributed by atoms with Crippen molar-refractivity contribution >= 4 is 5.91 Å². The molecule has 2 aromatic rings. The van der Waals surface area contributed by atoms with E-state index in [1.807, 2.05) is 30.3 Å². The summed E-state index contributed by atoms with van der Waals surface area (Å²) in [5.74, 6) is -0.224. The van der Waals surface area contributed by atoms with Gasteiger partial charge in [-0.1, -0.05) is 42.5 Å². The predicted octanol–water partition coefficient (Wildman–Crippen LogP) is 2.57. The molecule has 0 heterocycles. The number of carbonyl (C=O) groups excluding carboxylic acids is 1. The first-order valence-corrected chi connectivity index (χ1v) is 6.88. The summed E-state index contributed by atoms with van der Waals surface area (Å²) >= 11 is 0. The molecule has 1 N–H and O–H groups in total. The number of carbonyl (C=O) groups is 1. The third-order valence-electron chi connectivity index (χ3n) is 3.21. The third kappa shape index (κ3) is 5.00. The summed E-state index contributed by atoms with van der Waals surface area (Å²) < 4.78 is 12.8. The second-order valence-corrected chi connectivity index (χ2v) is 4.97. The number of hydrogen-bond donors (Lipinski definition) is 1. The van der Waals surface area contributed by atoms with E-state index in [1.54, 1.807) is 24.1 Å². The molecule has 3 nitrogen and oxygen atoms in total. The van der Waals surface area contributed by atoms with Gasteiger partial charge in [-0.05, 0) is 23.3 Å². The molecule has 2 rings (SSSR count). The summed E-state index contributed by atoms with van der Waals surface area (Å²) in [6.07, 6.45) is 0. The number of benzene rings is 2. The van der Waals surface area contributed by atoms with Crippen LogP contribution in [0.1, 0.15) is 11.1 Å². The fraction of sp³-hybridized carbons (Fsp3) is 0.235. The number of rotatable bonds is 6. The van der Waals surface area contributed by atoms with Crippen molar-refractivity contribution in [2.75, 3.05) is 13.6 Å². The second-order valence-electron chi connectivity index (χ2n) is 4.97. The fourth-order valence-electron chi connectivity index (χ4n) is 2.00. The smallest absolute Gasteiger partial charge is 0.236 e. The van der Waals surface area contributed by atoms with Crippen LogP contribution in [0.5, 0.6) is 0 Å². The Bertz CT molecular complexity index is 569. The normalized spacial score (nSPS) is 10.4. The Balaban J connectivity index is 1.75. The molecule has 0 unspecified atom stereocenters. The Morgan fingerprint density at radius 3 is 2.38 bits per heavy atom. The van der Waals surface area contributed by atoms with Gasteiger partial charge in [0.05, 0.1) is 6.54 Å². The number of hydrogen-bond acceptors (Lipinski definition) is 2. The minimum atomic E-state index is -0.252. The van der Waals surface area contributed by atoms with Crippen molar-refractivity contribution in [2.24, 2.45) is 0 Å². The Morgan fingerprint density at radius 2 is 1.71 bits per heavy atom. The lowest BCUT2D eigenvalue weighted by molar-refractivity contribution is -0.129. The van der Waals surface area contributed by atoms with Gasteiger partial charge in [0.2, 0.25) is 5.91 Å². The molecule has 0 spiro atoms. The summed E-state index contributed by atoms with van der Waals surface area (Å²) in [6.45, 7) is 1.41. The van der Waals surface area contributed by atoms with E-state index in [0.717, 1.165) is 11.1 Å². The molecule has 0 bridgehead atoms. The third-order valence-corrected chi connectivity index (χ3v) is 3.21. The van der Waals surface area contributed by atoms with Crippen LogP contribution in [-0.2, 0) is 17.9 Å². The van der Waals surface area contributed by atoms with Gasteiger partial charge in [0.25, 0.3) is 0 Å². The molecule has 0 atom stereocenters. The first kappa shape index (κ1) is 15.2. The van der Waals surface area contributed by atoms with Gasteiger partial charge in [-0.3, -0.25) is 4.79 Å². The van der Waals surface area contributed by atoms with Crippen molar-refractivity contribution in [3.05, 3.63) is 71.5 Å². The standard InChI is InChI=1S/C17H19FN2O/c1-20(13-15-5-3-2-4-6-15)17(21)12-19-11-14-7-9-16(18)10-8-14/h2-10,19H,11-13H2,1H3.